The Bertz CT molecular complexity index is 689. The van der Waals surface area contributed by atoms with E-state index in [1.54, 1.807) is 18.2 Å². The first-order valence-electron chi connectivity index (χ1n) is 5.70. The molecule has 1 amide bonds. The number of carbonyl (C=O) groups excluding carboxylic acids is 1. The van der Waals surface area contributed by atoms with E-state index in [0.29, 0.717) is 10.7 Å². The molecule has 2 rings (SSSR count). The Morgan fingerprint density at radius 1 is 1.25 bits per heavy atom. The van der Waals surface area contributed by atoms with Crippen LogP contribution in [0.2, 0.25) is 5.02 Å². The predicted molar refractivity (Wildman–Crippen MR) is 74.9 cm³/mol. The molecule has 0 atom stereocenters. The van der Waals surface area contributed by atoms with Gasteiger partial charge in [-0.1, -0.05) is 17.7 Å². The molecule has 0 saturated heterocycles. The van der Waals surface area contributed by atoms with Crippen LogP contribution >= 0.6 is 11.6 Å². The molecule has 0 spiro atoms. The Labute approximate surface area is 119 Å². The Kier molecular flexibility index (Phi) is 3.90. The maximum absolute atomic E-state index is 13.7. The van der Waals surface area contributed by atoms with E-state index in [2.05, 4.69) is 5.32 Å². The zero-order valence-electron chi connectivity index (χ0n) is 10.5. The minimum atomic E-state index is -0.966. The first-order chi connectivity index (χ1) is 9.38. The van der Waals surface area contributed by atoms with Gasteiger partial charge in [0, 0.05) is 0 Å². The zero-order chi connectivity index (χ0) is 14.9. The Hall–Kier alpha value is -2.14. The van der Waals surface area contributed by atoms with E-state index in [9.17, 15) is 13.6 Å². The molecule has 0 aliphatic heterocycles. The first-order valence-corrected chi connectivity index (χ1v) is 6.08. The Morgan fingerprint density at radius 2 is 1.95 bits per heavy atom. The number of carbonyl (C=O) groups is 1. The normalized spacial score (nSPS) is 10.4. The average Bonchev–Trinajstić information content (AvgIpc) is 2.37. The van der Waals surface area contributed by atoms with Crippen molar-refractivity contribution in [1.82, 2.24) is 0 Å². The number of aryl methyl sites for hydroxylation is 1. The molecule has 6 heteroatoms. The third-order valence-corrected chi connectivity index (χ3v) is 3.00. The van der Waals surface area contributed by atoms with E-state index in [0.717, 1.165) is 17.7 Å². The van der Waals surface area contributed by atoms with E-state index in [1.165, 1.54) is 0 Å². The van der Waals surface area contributed by atoms with Crippen LogP contribution in [0.5, 0.6) is 0 Å². The summed E-state index contributed by atoms with van der Waals surface area (Å²) in [6.45, 7) is 1.84. The van der Waals surface area contributed by atoms with Gasteiger partial charge in [-0.15, -0.1) is 0 Å². The number of benzene rings is 2. The SMILES string of the molecule is Cc1ccc(NC(=O)c2cc(F)cc(N)c2F)c(Cl)c1. The Balaban J connectivity index is 2.33. The smallest absolute Gasteiger partial charge is 0.258 e. The molecule has 2 aromatic rings. The van der Waals surface area contributed by atoms with Crippen LogP contribution < -0.4 is 11.1 Å². The summed E-state index contributed by atoms with van der Waals surface area (Å²) in [5.74, 6) is -2.57. The van der Waals surface area contributed by atoms with Crippen molar-refractivity contribution in [1.29, 1.82) is 0 Å². The van der Waals surface area contributed by atoms with E-state index in [1.807, 2.05) is 6.92 Å². The molecule has 0 aliphatic carbocycles. The van der Waals surface area contributed by atoms with E-state index < -0.39 is 28.8 Å². The minimum Gasteiger partial charge on any atom is -0.396 e. The van der Waals surface area contributed by atoms with Crippen LogP contribution in [-0.2, 0) is 0 Å². The van der Waals surface area contributed by atoms with Crippen LogP contribution in [0.25, 0.3) is 0 Å². The van der Waals surface area contributed by atoms with Gasteiger partial charge >= 0.3 is 0 Å². The van der Waals surface area contributed by atoms with Crippen LogP contribution in [-0.4, -0.2) is 5.91 Å². The second-order valence-electron chi connectivity index (χ2n) is 4.29. The van der Waals surface area contributed by atoms with Crippen molar-refractivity contribution >= 4 is 28.9 Å². The second-order valence-corrected chi connectivity index (χ2v) is 4.70. The third kappa shape index (κ3) is 2.88. The lowest BCUT2D eigenvalue weighted by Crippen LogP contribution is -2.15. The van der Waals surface area contributed by atoms with Gasteiger partial charge < -0.3 is 11.1 Å². The summed E-state index contributed by atoms with van der Waals surface area (Å²) >= 11 is 5.96. The monoisotopic (exact) mass is 296 g/mol. The number of hydrogen-bond donors (Lipinski definition) is 2. The van der Waals surface area contributed by atoms with Crippen LogP contribution in [0.1, 0.15) is 15.9 Å². The van der Waals surface area contributed by atoms with Crippen LogP contribution in [0.4, 0.5) is 20.2 Å². The molecule has 0 unspecified atom stereocenters. The highest BCUT2D eigenvalue weighted by Gasteiger charge is 2.17. The van der Waals surface area contributed by atoms with Gasteiger partial charge in [0.15, 0.2) is 5.82 Å². The van der Waals surface area contributed by atoms with Crippen LogP contribution in [0.3, 0.4) is 0 Å². The molecule has 0 aromatic heterocycles. The van der Waals surface area contributed by atoms with Gasteiger partial charge in [-0.3, -0.25) is 4.79 Å². The molecule has 0 aliphatic rings. The van der Waals surface area contributed by atoms with Crippen molar-refractivity contribution in [2.45, 2.75) is 6.92 Å². The van der Waals surface area contributed by atoms with Crippen molar-refractivity contribution < 1.29 is 13.6 Å². The first kappa shape index (κ1) is 14.3. The molecule has 0 bridgehead atoms. The standard InChI is InChI=1S/C14H11ClF2N2O/c1-7-2-3-12(10(15)4-7)19-14(20)9-5-8(16)6-11(18)13(9)17/h2-6H,18H2,1H3,(H,19,20). The molecule has 20 heavy (non-hydrogen) atoms. The molecule has 2 aromatic carbocycles. The van der Waals surface area contributed by atoms with Gasteiger partial charge in [-0.25, -0.2) is 8.78 Å². The summed E-state index contributed by atoms with van der Waals surface area (Å²) in [5.41, 5.74) is 5.60. The summed E-state index contributed by atoms with van der Waals surface area (Å²) in [4.78, 5) is 11.9. The summed E-state index contributed by atoms with van der Waals surface area (Å²) in [5, 5.41) is 2.72. The highest BCUT2D eigenvalue weighted by Crippen LogP contribution is 2.24. The van der Waals surface area contributed by atoms with Gasteiger partial charge in [-0.05, 0) is 36.8 Å². The van der Waals surface area contributed by atoms with Crippen molar-refractivity contribution in [3.63, 3.8) is 0 Å². The molecule has 104 valence electrons. The number of amides is 1. The number of nitrogens with one attached hydrogen (secondary N) is 1. The van der Waals surface area contributed by atoms with Gasteiger partial charge in [0.25, 0.3) is 5.91 Å². The maximum Gasteiger partial charge on any atom is 0.258 e. The lowest BCUT2D eigenvalue weighted by atomic mass is 10.1. The lowest BCUT2D eigenvalue weighted by molar-refractivity contribution is 0.102. The molecule has 0 radical (unpaired) electrons. The van der Waals surface area contributed by atoms with E-state index in [-0.39, 0.29) is 0 Å². The fourth-order valence-electron chi connectivity index (χ4n) is 1.69. The molecule has 0 heterocycles. The number of hydrogen-bond acceptors (Lipinski definition) is 2. The number of rotatable bonds is 2. The summed E-state index contributed by atoms with van der Waals surface area (Å²) < 4.78 is 26.9. The molecular weight excluding hydrogens is 286 g/mol. The van der Waals surface area contributed by atoms with Gasteiger partial charge in [-0.2, -0.15) is 0 Å². The zero-order valence-corrected chi connectivity index (χ0v) is 11.3. The predicted octanol–water partition coefficient (Wildman–Crippen LogP) is 3.76. The third-order valence-electron chi connectivity index (χ3n) is 2.68. The topological polar surface area (TPSA) is 55.1 Å². The van der Waals surface area contributed by atoms with Gasteiger partial charge in [0.2, 0.25) is 0 Å². The number of nitrogens with two attached hydrogens (primary N) is 1. The molecular formula is C14H11ClF2N2O. The molecule has 3 nitrogen and oxygen atoms in total. The number of anilines is 2. The number of halogens is 3. The highest BCUT2D eigenvalue weighted by atomic mass is 35.5. The largest absolute Gasteiger partial charge is 0.396 e. The van der Waals surface area contributed by atoms with Gasteiger partial charge in [0.05, 0.1) is 22.0 Å². The quantitative estimate of drug-likeness (QED) is 0.829. The summed E-state index contributed by atoms with van der Waals surface area (Å²) in [6.07, 6.45) is 0. The highest BCUT2D eigenvalue weighted by molar-refractivity contribution is 6.34. The van der Waals surface area contributed by atoms with E-state index in [4.69, 9.17) is 17.3 Å². The van der Waals surface area contributed by atoms with Gasteiger partial charge in [0.1, 0.15) is 5.82 Å². The number of nitrogen functional groups attached to an aromatic ring is 1. The lowest BCUT2D eigenvalue weighted by Gasteiger charge is -2.09. The summed E-state index contributed by atoms with van der Waals surface area (Å²) in [6, 6.07) is 6.55. The van der Waals surface area contributed by atoms with Crippen LogP contribution in [0.15, 0.2) is 30.3 Å². The minimum absolute atomic E-state index is 0.308. The second kappa shape index (κ2) is 5.46. The van der Waals surface area contributed by atoms with E-state index >= 15 is 0 Å². The van der Waals surface area contributed by atoms with Crippen molar-refractivity contribution in [3.8, 4) is 0 Å². The maximum atomic E-state index is 13.7. The average molecular weight is 297 g/mol. The molecule has 0 fully saturated rings. The summed E-state index contributed by atoms with van der Waals surface area (Å²) in [7, 11) is 0. The fourth-order valence-corrected chi connectivity index (χ4v) is 1.97. The molecule has 0 saturated carbocycles. The van der Waals surface area contributed by atoms with Crippen LogP contribution in [0, 0.1) is 18.6 Å². The Morgan fingerprint density at radius 3 is 2.60 bits per heavy atom. The van der Waals surface area contributed by atoms with Crippen molar-refractivity contribution in [2.24, 2.45) is 0 Å². The van der Waals surface area contributed by atoms with Crippen molar-refractivity contribution in [3.05, 3.63) is 58.1 Å². The fraction of sp³-hybridized carbons (Fsp3) is 0.0714. The van der Waals surface area contributed by atoms with Crippen molar-refractivity contribution in [2.75, 3.05) is 11.1 Å². The molecule has 3 N–H and O–H groups in total.